The van der Waals surface area contributed by atoms with Gasteiger partial charge in [0, 0.05) is 20.1 Å². The van der Waals surface area contributed by atoms with Gasteiger partial charge in [-0.3, -0.25) is 4.99 Å². The molecule has 0 aliphatic rings. The van der Waals surface area contributed by atoms with Crippen LogP contribution in [-0.2, 0) is 13.1 Å². The highest BCUT2D eigenvalue weighted by atomic mass is 16.5. The summed E-state index contributed by atoms with van der Waals surface area (Å²) in [7, 11) is 1.78. The summed E-state index contributed by atoms with van der Waals surface area (Å²) in [6.07, 6.45) is 0.193. The molecule has 4 heteroatoms. The summed E-state index contributed by atoms with van der Waals surface area (Å²) >= 11 is 0. The average molecular weight is 325 g/mol. The number of rotatable bonds is 6. The molecular formula is C20H27N3O. The molecule has 0 saturated heterocycles. The van der Waals surface area contributed by atoms with Crippen LogP contribution in [0.1, 0.15) is 30.5 Å². The van der Waals surface area contributed by atoms with Crippen molar-refractivity contribution in [3.8, 4) is 5.75 Å². The van der Waals surface area contributed by atoms with Crippen LogP contribution in [0.4, 0.5) is 0 Å². The summed E-state index contributed by atoms with van der Waals surface area (Å²) in [4.78, 5) is 4.27. The molecule has 0 aliphatic carbocycles. The highest BCUT2D eigenvalue weighted by Crippen LogP contribution is 2.13. The van der Waals surface area contributed by atoms with Crippen LogP contribution < -0.4 is 15.4 Å². The lowest BCUT2D eigenvalue weighted by Gasteiger charge is -2.14. The third-order valence-corrected chi connectivity index (χ3v) is 3.69. The number of hydrogen-bond donors (Lipinski definition) is 2. The molecule has 0 unspecified atom stereocenters. The van der Waals surface area contributed by atoms with Crippen molar-refractivity contribution < 1.29 is 4.74 Å². The maximum absolute atomic E-state index is 5.66. The van der Waals surface area contributed by atoms with Gasteiger partial charge < -0.3 is 15.4 Å². The van der Waals surface area contributed by atoms with Gasteiger partial charge in [-0.05, 0) is 49.6 Å². The van der Waals surface area contributed by atoms with Crippen LogP contribution in [0, 0.1) is 6.92 Å². The molecule has 0 radical (unpaired) electrons. The van der Waals surface area contributed by atoms with Crippen molar-refractivity contribution in [2.45, 2.75) is 40.0 Å². The normalized spacial score (nSPS) is 11.5. The minimum Gasteiger partial charge on any atom is -0.491 e. The second-order valence-electron chi connectivity index (χ2n) is 6.02. The SMILES string of the molecule is CN=C(NCc1ccc(OC(C)C)cc1)NCc1ccccc1C. The Kier molecular flexibility index (Phi) is 6.67. The third-order valence-electron chi connectivity index (χ3n) is 3.69. The maximum atomic E-state index is 5.66. The summed E-state index contributed by atoms with van der Waals surface area (Å²) in [6.45, 7) is 7.65. The van der Waals surface area contributed by atoms with E-state index in [0.717, 1.165) is 24.8 Å². The van der Waals surface area contributed by atoms with Crippen LogP contribution in [0.3, 0.4) is 0 Å². The van der Waals surface area contributed by atoms with Crippen molar-refractivity contribution in [2.24, 2.45) is 4.99 Å². The van der Waals surface area contributed by atoms with E-state index in [1.165, 1.54) is 16.7 Å². The van der Waals surface area contributed by atoms with Crippen LogP contribution in [0.5, 0.6) is 5.75 Å². The van der Waals surface area contributed by atoms with Crippen LogP contribution >= 0.6 is 0 Å². The van der Waals surface area contributed by atoms with Gasteiger partial charge in [-0.1, -0.05) is 36.4 Å². The largest absolute Gasteiger partial charge is 0.491 e. The Bertz CT molecular complexity index is 663. The molecule has 24 heavy (non-hydrogen) atoms. The third kappa shape index (κ3) is 5.61. The Morgan fingerprint density at radius 2 is 1.67 bits per heavy atom. The van der Waals surface area contributed by atoms with Gasteiger partial charge in [0.05, 0.1) is 6.10 Å². The topological polar surface area (TPSA) is 45.7 Å². The molecule has 2 aromatic carbocycles. The van der Waals surface area contributed by atoms with Gasteiger partial charge in [-0.25, -0.2) is 0 Å². The van der Waals surface area contributed by atoms with Crippen molar-refractivity contribution in [2.75, 3.05) is 7.05 Å². The first kappa shape index (κ1) is 17.9. The number of nitrogens with zero attached hydrogens (tertiary/aromatic N) is 1. The maximum Gasteiger partial charge on any atom is 0.191 e. The molecular weight excluding hydrogens is 298 g/mol. The van der Waals surface area contributed by atoms with Crippen LogP contribution in [0.15, 0.2) is 53.5 Å². The molecule has 0 spiro atoms. The van der Waals surface area contributed by atoms with E-state index < -0.39 is 0 Å². The number of aryl methyl sites for hydroxylation is 1. The minimum atomic E-state index is 0.193. The van der Waals surface area contributed by atoms with E-state index in [1.807, 2.05) is 26.0 Å². The predicted molar refractivity (Wildman–Crippen MR) is 100 cm³/mol. The molecule has 0 atom stereocenters. The molecule has 128 valence electrons. The van der Waals surface area contributed by atoms with Crippen molar-refractivity contribution in [3.63, 3.8) is 0 Å². The van der Waals surface area contributed by atoms with Gasteiger partial charge >= 0.3 is 0 Å². The monoisotopic (exact) mass is 325 g/mol. The van der Waals surface area contributed by atoms with E-state index in [2.05, 4.69) is 58.9 Å². The first-order chi connectivity index (χ1) is 11.6. The molecule has 4 nitrogen and oxygen atoms in total. The number of ether oxygens (including phenoxy) is 1. The Labute approximate surface area is 145 Å². The lowest BCUT2D eigenvalue weighted by Crippen LogP contribution is -2.36. The van der Waals surface area contributed by atoms with E-state index in [4.69, 9.17) is 4.74 Å². The highest BCUT2D eigenvalue weighted by molar-refractivity contribution is 5.79. The van der Waals surface area contributed by atoms with Crippen molar-refractivity contribution in [1.82, 2.24) is 10.6 Å². The molecule has 0 saturated carbocycles. The average Bonchev–Trinajstić information content (AvgIpc) is 2.57. The lowest BCUT2D eigenvalue weighted by molar-refractivity contribution is 0.242. The highest BCUT2D eigenvalue weighted by Gasteiger charge is 2.02. The van der Waals surface area contributed by atoms with Crippen LogP contribution in [0.2, 0.25) is 0 Å². The summed E-state index contributed by atoms with van der Waals surface area (Å²) in [5, 5.41) is 6.68. The number of aliphatic imine (C=N–C) groups is 1. The van der Waals surface area contributed by atoms with Gasteiger partial charge in [-0.15, -0.1) is 0 Å². The van der Waals surface area contributed by atoms with Crippen molar-refractivity contribution >= 4 is 5.96 Å². The fraction of sp³-hybridized carbons (Fsp3) is 0.350. The summed E-state index contributed by atoms with van der Waals surface area (Å²) in [5.41, 5.74) is 3.74. The first-order valence-corrected chi connectivity index (χ1v) is 8.33. The molecule has 0 heterocycles. The van der Waals surface area contributed by atoms with Crippen molar-refractivity contribution in [1.29, 1.82) is 0 Å². The molecule has 2 N–H and O–H groups in total. The summed E-state index contributed by atoms with van der Waals surface area (Å²) in [5.74, 6) is 1.69. The molecule has 0 bridgehead atoms. The van der Waals surface area contributed by atoms with E-state index in [9.17, 15) is 0 Å². The quantitative estimate of drug-likeness (QED) is 0.629. The van der Waals surface area contributed by atoms with Crippen LogP contribution in [0.25, 0.3) is 0 Å². The number of nitrogens with one attached hydrogen (secondary N) is 2. The van der Waals surface area contributed by atoms with Gasteiger partial charge in [0.2, 0.25) is 0 Å². The zero-order valence-corrected chi connectivity index (χ0v) is 15.0. The molecule has 0 amide bonds. The molecule has 0 fully saturated rings. The number of hydrogen-bond acceptors (Lipinski definition) is 2. The summed E-state index contributed by atoms with van der Waals surface area (Å²) < 4.78 is 5.66. The number of benzene rings is 2. The molecule has 0 aromatic heterocycles. The number of guanidine groups is 1. The predicted octanol–water partition coefficient (Wildman–Crippen LogP) is 3.65. The standard InChI is InChI=1S/C20H27N3O/c1-15(2)24-19-11-9-17(10-12-19)13-22-20(21-4)23-14-18-8-6-5-7-16(18)3/h5-12,15H,13-14H2,1-4H3,(H2,21,22,23). The Hall–Kier alpha value is -2.49. The summed E-state index contributed by atoms with van der Waals surface area (Å²) in [6, 6.07) is 16.5. The molecule has 2 rings (SSSR count). The Balaban J connectivity index is 1.84. The van der Waals surface area contributed by atoms with Crippen molar-refractivity contribution in [3.05, 3.63) is 65.2 Å². The minimum absolute atomic E-state index is 0.193. The van der Waals surface area contributed by atoms with Gasteiger partial charge in [0.1, 0.15) is 5.75 Å². The van der Waals surface area contributed by atoms with Gasteiger partial charge in [-0.2, -0.15) is 0 Å². The van der Waals surface area contributed by atoms with E-state index in [1.54, 1.807) is 7.05 Å². The second kappa shape index (κ2) is 8.96. The fourth-order valence-corrected chi connectivity index (χ4v) is 2.35. The smallest absolute Gasteiger partial charge is 0.191 e. The zero-order valence-electron chi connectivity index (χ0n) is 15.0. The molecule has 0 aliphatic heterocycles. The van der Waals surface area contributed by atoms with Gasteiger partial charge in [0.15, 0.2) is 5.96 Å². The van der Waals surface area contributed by atoms with E-state index in [-0.39, 0.29) is 6.10 Å². The molecule has 2 aromatic rings. The lowest BCUT2D eigenvalue weighted by atomic mass is 10.1. The van der Waals surface area contributed by atoms with E-state index in [0.29, 0.717) is 0 Å². The zero-order chi connectivity index (χ0) is 17.4. The Morgan fingerprint density at radius 3 is 2.29 bits per heavy atom. The Morgan fingerprint density at radius 1 is 1.00 bits per heavy atom. The second-order valence-corrected chi connectivity index (χ2v) is 6.02. The van der Waals surface area contributed by atoms with Crippen LogP contribution in [-0.4, -0.2) is 19.1 Å². The van der Waals surface area contributed by atoms with E-state index >= 15 is 0 Å². The van der Waals surface area contributed by atoms with Gasteiger partial charge in [0.25, 0.3) is 0 Å². The fourth-order valence-electron chi connectivity index (χ4n) is 2.35. The first-order valence-electron chi connectivity index (χ1n) is 8.33.